The Labute approximate surface area is 124 Å². The summed E-state index contributed by atoms with van der Waals surface area (Å²) in [5.74, 6) is 5.02. The van der Waals surface area contributed by atoms with Gasteiger partial charge in [0.25, 0.3) is 5.69 Å². The largest absolute Gasteiger partial charge is 0.487 e. The van der Waals surface area contributed by atoms with Gasteiger partial charge in [-0.3, -0.25) is 16.0 Å². The Balaban J connectivity index is 2.16. The fourth-order valence-electron chi connectivity index (χ4n) is 1.69. The van der Waals surface area contributed by atoms with Gasteiger partial charge in [-0.2, -0.15) is 0 Å². The van der Waals surface area contributed by atoms with Crippen LogP contribution < -0.4 is 16.0 Å². The van der Waals surface area contributed by atoms with E-state index >= 15 is 0 Å². The van der Waals surface area contributed by atoms with Crippen molar-refractivity contribution >= 4 is 23.0 Å². The van der Waals surface area contributed by atoms with Crippen LogP contribution in [0.2, 0.25) is 5.02 Å². The average Bonchev–Trinajstić information content (AvgIpc) is 2.46. The molecule has 2 aromatic carbocycles. The van der Waals surface area contributed by atoms with Crippen molar-refractivity contribution in [3.8, 4) is 5.75 Å². The van der Waals surface area contributed by atoms with Gasteiger partial charge >= 0.3 is 0 Å². The van der Waals surface area contributed by atoms with Gasteiger partial charge in [0.15, 0.2) is 0 Å². The first-order valence-electron chi connectivity index (χ1n) is 5.83. The molecular weight excluding hydrogens is 301 g/mol. The predicted molar refractivity (Wildman–Crippen MR) is 76.6 cm³/mol. The third-order valence-electron chi connectivity index (χ3n) is 2.70. The Morgan fingerprint density at radius 3 is 2.71 bits per heavy atom. The third kappa shape index (κ3) is 3.59. The minimum atomic E-state index is -0.552. The van der Waals surface area contributed by atoms with E-state index in [-0.39, 0.29) is 23.0 Å². The highest BCUT2D eigenvalue weighted by Gasteiger charge is 2.14. The van der Waals surface area contributed by atoms with E-state index in [0.29, 0.717) is 11.3 Å². The maximum Gasteiger partial charge on any atom is 0.294 e. The molecule has 2 rings (SSSR count). The fourth-order valence-corrected chi connectivity index (χ4v) is 1.92. The number of nitrogens with zero attached hydrogens (tertiary/aromatic N) is 1. The summed E-state index contributed by atoms with van der Waals surface area (Å²) in [4.78, 5) is 10.4. The molecule has 0 spiro atoms. The van der Waals surface area contributed by atoms with Crippen LogP contribution in [0.5, 0.6) is 5.75 Å². The number of nitrogen functional groups attached to an aromatic ring is 1. The molecule has 21 heavy (non-hydrogen) atoms. The van der Waals surface area contributed by atoms with Crippen LogP contribution in [0.15, 0.2) is 36.4 Å². The Morgan fingerprint density at radius 2 is 2.10 bits per heavy atom. The van der Waals surface area contributed by atoms with Crippen LogP contribution in [0, 0.1) is 15.9 Å². The summed E-state index contributed by atoms with van der Waals surface area (Å²) in [5, 5.41) is 11.0. The lowest BCUT2D eigenvalue weighted by atomic mass is 10.2. The number of benzene rings is 2. The molecule has 0 aromatic heterocycles. The van der Waals surface area contributed by atoms with E-state index in [1.165, 1.54) is 24.3 Å². The second kappa shape index (κ2) is 6.38. The van der Waals surface area contributed by atoms with Crippen LogP contribution in [-0.4, -0.2) is 4.92 Å². The summed E-state index contributed by atoms with van der Waals surface area (Å²) < 4.78 is 18.3. The number of nitrogens with one attached hydrogen (secondary N) is 1. The SMILES string of the molecule is NNc1ccc(COc2ccc(F)cc2Cl)cc1[N+](=O)[O-]. The zero-order valence-corrected chi connectivity index (χ0v) is 11.4. The van der Waals surface area contributed by atoms with Gasteiger partial charge in [-0.1, -0.05) is 17.7 Å². The molecule has 8 heteroatoms. The Morgan fingerprint density at radius 1 is 1.33 bits per heavy atom. The first-order chi connectivity index (χ1) is 10.0. The zero-order chi connectivity index (χ0) is 15.4. The van der Waals surface area contributed by atoms with E-state index in [0.717, 1.165) is 6.07 Å². The summed E-state index contributed by atoms with van der Waals surface area (Å²) in [5.41, 5.74) is 2.84. The molecule has 0 radical (unpaired) electrons. The number of nitrogens with two attached hydrogens (primary N) is 1. The predicted octanol–water partition coefficient (Wildman–Crippen LogP) is 3.25. The molecule has 110 valence electrons. The molecule has 0 saturated heterocycles. The van der Waals surface area contributed by atoms with Crippen molar-refractivity contribution < 1.29 is 14.1 Å². The third-order valence-corrected chi connectivity index (χ3v) is 3.00. The molecule has 0 aliphatic heterocycles. The lowest BCUT2D eigenvalue weighted by molar-refractivity contribution is -0.384. The molecule has 0 fully saturated rings. The summed E-state index contributed by atoms with van der Waals surface area (Å²) >= 11 is 5.83. The molecule has 0 atom stereocenters. The molecule has 0 heterocycles. The summed E-state index contributed by atoms with van der Waals surface area (Å²) in [6.45, 7) is 0.0526. The maximum atomic E-state index is 12.9. The van der Waals surface area contributed by atoms with Gasteiger partial charge in [0.1, 0.15) is 23.9 Å². The van der Waals surface area contributed by atoms with Crippen molar-refractivity contribution in [2.45, 2.75) is 6.61 Å². The van der Waals surface area contributed by atoms with E-state index in [1.807, 2.05) is 0 Å². The molecular formula is C13H11ClFN3O3. The van der Waals surface area contributed by atoms with E-state index in [1.54, 1.807) is 6.07 Å². The van der Waals surface area contributed by atoms with Crippen LogP contribution in [0.25, 0.3) is 0 Å². The van der Waals surface area contributed by atoms with Crippen molar-refractivity contribution in [2.24, 2.45) is 5.84 Å². The number of anilines is 1. The normalized spacial score (nSPS) is 10.2. The van der Waals surface area contributed by atoms with Gasteiger partial charge in [-0.25, -0.2) is 4.39 Å². The van der Waals surface area contributed by atoms with Gasteiger partial charge in [-0.15, -0.1) is 0 Å². The van der Waals surface area contributed by atoms with Gasteiger partial charge < -0.3 is 10.2 Å². The summed E-state index contributed by atoms with van der Waals surface area (Å²) in [7, 11) is 0. The molecule has 0 bridgehead atoms. The average molecular weight is 312 g/mol. The first kappa shape index (κ1) is 15.0. The topological polar surface area (TPSA) is 90.4 Å². The maximum absolute atomic E-state index is 12.9. The molecule has 2 aromatic rings. The van der Waals surface area contributed by atoms with E-state index in [4.69, 9.17) is 22.2 Å². The standard InChI is InChI=1S/C13H11ClFN3O3/c14-10-6-9(15)2-4-13(10)21-7-8-1-3-11(17-16)12(5-8)18(19)20/h1-6,17H,7,16H2. The van der Waals surface area contributed by atoms with Gasteiger partial charge in [0.05, 0.1) is 9.95 Å². The second-order valence-electron chi connectivity index (χ2n) is 4.12. The monoisotopic (exact) mass is 311 g/mol. The quantitative estimate of drug-likeness (QED) is 0.502. The highest BCUT2D eigenvalue weighted by atomic mass is 35.5. The first-order valence-corrected chi connectivity index (χ1v) is 6.21. The molecule has 3 N–H and O–H groups in total. The minimum Gasteiger partial charge on any atom is -0.487 e. The molecule has 0 saturated carbocycles. The van der Waals surface area contributed by atoms with Gasteiger partial charge in [0, 0.05) is 6.07 Å². The van der Waals surface area contributed by atoms with Crippen LogP contribution >= 0.6 is 11.6 Å². The van der Waals surface area contributed by atoms with Crippen LogP contribution in [0.1, 0.15) is 5.56 Å². The number of hydrogen-bond acceptors (Lipinski definition) is 5. The van der Waals surface area contributed by atoms with E-state index < -0.39 is 10.7 Å². The van der Waals surface area contributed by atoms with Crippen molar-refractivity contribution in [2.75, 3.05) is 5.43 Å². The van der Waals surface area contributed by atoms with E-state index in [9.17, 15) is 14.5 Å². The summed E-state index contributed by atoms with van der Waals surface area (Å²) in [6.07, 6.45) is 0. The lowest BCUT2D eigenvalue weighted by Gasteiger charge is -2.09. The van der Waals surface area contributed by atoms with Gasteiger partial charge in [0.2, 0.25) is 0 Å². The van der Waals surface area contributed by atoms with Crippen LogP contribution in [0.4, 0.5) is 15.8 Å². The van der Waals surface area contributed by atoms with Crippen molar-refractivity contribution in [1.29, 1.82) is 0 Å². The van der Waals surface area contributed by atoms with Crippen LogP contribution in [0.3, 0.4) is 0 Å². The molecule has 0 amide bonds. The second-order valence-corrected chi connectivity index (χ2v) is 4.52. The zero-order valence-electron chi connectivity index (χ0n) is 10.7. The minimum absolute atomic E-state index is 0.0526. The summed E-state index contributed by atoms with van der Waals surface area (Å²) in [6, 6.07) is 8.17. The number of nitro groups is 1. The smallest absolute Gasteiger partial charge is 0.294 e. The Kier molecular flexibility index (Phi) is 4.56. The van der Waals surface area contributed by atoms with E-state index in [2.05, 4.69) is 5.43 Å². The Hall–Kier alpha value is -2.38. The number of hydrazine groups is 1. The molecule has 0 aliphatic carbocycles. The highest BCUT2D eigenvalue weighted by molar-refractivity contribution is 6.32. The Bertz CT molecular complexity index is 682. The fraction of sp³-hybridized carbons (Fsp3) is 0.0769. The number of halogens is 2. The molecule has 6 nitrogen and oxygen atoms in total. The highest BCUT2D eigenvalue weighted by Crippen LogP contribution is 2.28. The molecule has 0 aliphatic rings. The number of hydrogen-bond donors (Lipinski definition) is 2. The van der Waals surface area contributed by atoms with Crippen LogP contribution in [-0.2, 0) is 6.61 Å². The lowest BCUT2D eigenvalue weighted by Crippen LogP contribution is -2.09. The number of ether oxygens (including phenoxy) is 1. The van der Waals surface area contributed by atoms with Crippen molar-refractivity contribution in [1.82, 2.24) is 0 Å². The van der Waals surface area contributed by atoms with Crippen molar-refractivity contribution in [3.63, 3.8) is 0 Å². The number of nitro benzene ring substituents is 1. The molecule has 0 unspecified atom stereocenters. The number of rotatable bonds is 5. The van der Waals surface area contributed by atoms with Gasteiger partial charge in [-0.05, 0) is 29.8 Å². The van der Waals surface area contributed by atoms with Crippen molar-refractivity contribution in [3.05, 3.63) is 62.9 Å².